The number of carbonyl (C=O) groups is 3. The van der Waals surface area contributed by atoms with Gasteiger partial charge in [0.25, 0.3) is 5.91 Å². The molecule has 0 unspecified atom stereocenters. The van der Waals surface area contributed by atoms with E-state index in [-0.39, 0.29) is 6.54 Å². The molecule has 0 radical (unpaired) electrons. The van der Waals surface area contributed by atoms with E-state index in [0.29, 0.717) is 34.4 Å². The van der Waals surface area contributed by atoms with E-state index in [4.69, 9.17) is 30.6 Å². The summed E-state index contributed by atoms with van der Waals surface area (Å²) < 4.78 is 17.1. The number of halogens is 1. The third-order valence-electron chi connectivity index (χ3n) is 5.21. The van der Waals surface area contributed by atoms with Crippen molar-refractivity contribution in [2.75, 3.05) is 6.54 Å². The smallest absolute Gasteiger partial charge is 0.407 e. The molecule has 2 amide bonds. The molecule has 0 aromatic heterocycles. The van der Waals surface area contributed by atoms with E-state index < -0.39 is 29.6 Å². The first kappa shape index (κ1) is 30.3. The predicted molar refractivity (Wildman–Crippen MR) is 150 cm³/mol. The molecular weight excluding hydrogens is 536 g/mol. The SMILES string of the molecule is CC(=O)ON(C[C@H](Cc1ccc(Oc2ccc(Oc3ccc(Cl)cc3)cc2)cc1)NC(=O)OC(C)(C)C)C(C)=O. The van der Waals surface area contributed by atoms with Crippen LogP contribution < -0.4 is 14.8 Å². The fraction of sp³-hybridized carbons (Fsp3) is 0.300. The highest BCUT2D eigenvalue weighted by atomic mass is 35.5. The Hall–Kier alpha value is -4.24. The summed E-state index contributed by atoms with van der Waals surface area (Å²) in [5.74, 6) is 1.45. The molecule has 0 aliphatic rings. The average Bonchev–Trinajstić information content (AvgIpc) is 2.86. The number of carbonyl (C=O) groups excluding carboxylic acids is 3. The van der Waals surface area contributed by atoms with E-state index >= 15 is 0 Å². The highest BCUT2D eigenvalue weighted by Gasteiger charge is 2.24. The summed E-state index contributed by atoms with van der Waals surface area (Å²) in [5.41, 5.74) is 0.149. The van der Waals surface area contributed by atoms with Crippen molar-refractivity contribution in [2.24, 2.45) is 0 Å². The Balaban J connectivity index is 1.65. The van der Waals surface area contributed by atoms with Crippen molar-refractivity contribution in [3.63, 3.8) is 0 Å². The molecule has 3 aromatic carbocycles. The summed E-state index contributed by atoms with van der Waals surface area (Å²) in [4.78, 5) is 40.9. The summed E-state index contributed by atoms with van der Waals surface area (Å²) in [6.07, 6.45) is -0.311. The standard InChI is InChI=1S/C30H33ClN2O7/c1-20(34)33(40-21(2)35)19-24(32-29(36)39-30(3,4)5)18-22-6-10-25(11-7-22)37-27-14-16-28(17-15-27)38-26-12-8-23(31)9-13-26/h6-17,24H,18-19H2,1-5H3,(H,32,36)/t24-/m0/s1. The van der Waals surface area contributed by atoms with Crippen molar-refractivity contribution < 1.29 is 33.4 Å². The summed E-state index contributed by atoms with van der Waals surface area (Å²) in [6.45, 7) is 7.67. The highest BCUT2D eigenvalue weighted by molar-refractivity contribution is 6.30. The molecule has 0 aliphatic carbocycles. The van der Waals surface area contributed by atoms with Crippen molar-refractivity contribution in [1.82, 2.24) is 10.4 Å². The number of benzene rings is 3. The Morgan fingerprint density at radius 3 is 1.68 bits per heavy atom. The van der Waals surface area contributed by atoms with E-state index in [2.05, 4.69) is 5.32 Å². The van der Waals surface area contributed by atoms with Crippen molar-refractivity contribution in [2.45, 2.75) is 52.7 Å². The van der Waals surface area contributed by atoms with Gasteiger partial charge in [-0.05, 0) is 93.4 Å². The van der Waals surface area contributed by atoms with E-state index in [0.717, 1.165) is 10.6 Å². The molecule has 1 N–H and O–H groups in total. The number of hydrogen-bond acceptors (Lipinski definition) is 7. The van der Waals surface area contributed by atoms with Gasteiger partial charge < -0.3 is 24.4 Å². The van der Waals surface area contributed by atoms with Crippen LogP contribution in [0.2, 0.25) is 5.02 Å². The number of nitrogens with one attached hydrogen (secondary N) is 1. The Morgan fingerprint density at radius 1 is 0.800 bits per heavy atom. The lowest BCUT2D eigenvalue weighted by Crippen LogP contribution is -2.48. The maximum Gasteiger partial charge on any atom is 0.407 e. The van der Waals surface area contributed by atoms with Gasteiger partial charge in [0.1, 0.15) is 28.6 Å². The monoisotopic (exact) mass is 568 g/mol. The fourth-order valence-corrected chi connectivity index (χ4v) is 3.68. The molecule has 3 rings (SSSR count). The Labute approximate surface area is 238 Å². The lowest BCUT2D eigenvalue weighted by Gasteiger charge is -2.27. The van der Waals surface area contributed by atoms with Gasteiger partial charge in [-0.25, -0.2) is 4.79 Å². The van der Waals surface area contributed by atoms with Crippen LogP contribution >= 0.6 is 11.6 Å². The van der Waals surface area contributed by atoms with E-state index in [1.807, 2.05) is 12.1 Å². The Kier molecular flexibility index (Phi) is 10.4. The fourth-order valence-electron chi connectivity index (χ4n) is 3.55. The molecule has 0 fully saturated rings. The van der Waals surface area contributed by atoms with Crippen LogP contribution in [-0.2, 0) is 25.6 Å². The first-order valence-electron chi connectivity index (χ1n) is 12.6. The number of nitrogens with zero attached hydrogens (tertiary/aromatic N) is 1. The zero-order chi connectivity index (χ0) is 29.3. The number of hydroxylamine groups is 2. The molecule has 0 spiro atoms. The lowest BCUT2D eigenvalue weighted by molar-refractivity contribution is -0.196. The number of amides is 2. The van der Waals surface area contributed by atoms with Crippen LogP contribution in [0.15, 0.2) is 72.8 Å². The summed E-state index contributed by atoms with van der Waals surface area (Å²) in [7, 11) is 0. The molecule has 0 aliphatic heterocycles. The van der Waals surface area contributed by atoms with E-state index in [9.17, 15) is 14.4 Å². The molecular formula is C30H33ClN2O7. The van der Waals surface area contributed by atoms with Gasteiger partial charge in [-0.1, -0.05) is 23.7 Å². The summed E-state index contributed by atoms with van der Waals surface area (Å²) in [5, 5.41) is 4.32. The van der Waals surface area contributed by atoms with Gasteiger partial charge in [0.15, 0.2) is 0 Å². The first-order chi connectivity index (χ1) is 18.9. The van der Waals surface area contributed by atoms with Crippen LogP contribution in [-0.4, -0.2) is 41.2 Å². The molecule has 0 saturated carbocycles. The maximum atomic E-state index is 12.5. The van der Waals surface area contributed by atoms with Crippen LogP contribution in [0, 0.1) is 0 Å². The number of ether oxygens (including phenoxy) is 3. The van der Waals surface area contributed by atoms with E-state index in [1.54, 1.807) is 81.4 Å². The predicted octanol–water partition coefficient (Wildman–Crippen LogP) is 6.69. The van der Waals surface area contributed by atoms with Gasteiger partial charge in [0.2, 0.25) is 0 Å². The minimum atomic E-state index is -0.704. The third kappa shape index (κ3) is 10.5. The minimum Gasteiger partial charge on any atom is -0.457 e. The zero-order valence-electron chi connectivity index (χ0n) is 23.1. The largest absolute Gasteiger partial charge is 0.457 e. The molecule has 40 heavy (non-hydrogen) atoms. The Morgan fingerprint density at radius 2 is 1.25 bits per heavy atom. The lowest BCUT2D eigenvalue weighted by atomic mass is 10.1. The number of alkyl carbamates (subject to hydrolysis) is 1. The van der Waals surface area contributed by atoms with Gasteiger partial charge in [-0.15, -0.1) is 0 Å². The number of hydrogen-bond donors (Lipinski definition) is 1. The van der Waals surface area contributed by atoms with Crippen LogP contribution in [0.1, 0.15) is 40.2 Å². The van der Waals surface area contributed by atoms with E-state index in [1.165, 1.54) is 13.8 Å². The number of rotatable bonds is 9. The van der Waals surface area contributed by atoms with Gasteiger partial charge >= 0.3 is 12.1 Å². The third-order valence-corrected chi connectivity index (χ3v) is 5.46. The zero-order valence-corrected chi connectivity index (χ0v) is 23.9. The maximum absolute atomic E-state index is 12.5. The second kappa shape index (κ2) is 13.7. The van der Waals surface area contributed by atoms with Crippen LogP contribution in [0.5, 0.6) is 23.0 Å². The van der Waals surface area contributed by atoms with Gasteiger partial charge in [0.05, 0.1) is 12.6 Å². The van der Waals surface area contributed by atoms with Crippen molar-refractivity contribution in [1.29, 1.82) is 0 Å². The molecule has 1 atom stereocenters. The molecule has 10 heteroatoms. The van der Waals surface area contributed by atoms with Crippen molar-refractivity contribution in [3.05, 3.63) is 83.4 Å². The molecule has 0 heterocycles. The first-order valence-corrected chi connectivity index (χ1v) is 13.0. The summed E-state index contributed by atoms with van der Waals surface area (Å²) in [6, 6.07) is 21.0. The second-order valence-corrected chi connectivity index (χ2v) is 10.4. The molecule has 0 bridgehead atoms. The van der Waals surface area contributed by atoms with Gasteiger partial charge in [-0.3, -0.25) is 9.59 Å². The highest BCUT2D eigenvalue weighted by Crippen LogP contribution is 2.28. The van der Waals surface area contributed by atoms with Crippen molar-refractivity contribution in [3.8, 4) is 23.0 Å². The van der Waals surface area contributed by atoms with Gasteiger partial charge in [-0.2, -0.15) is 5.06 Å². The van der Waals surface area contributed by atoms with Crippen LogP contribution in [0.4, 0.5) is 4.79 Å². The van der Waals surface area contributed by atoms with Crippen LogP contribution in [0.3, 0.4) is 0 Å². The quantitative estimate of drug-likeness (QED) is 0.287. The van der Waals surface area contributed by atoms with Crippen molar-refractivity contribution >= 4 is 29.6 Å². The normalized spacial score (nSPS) is 11.7. The summed E-state index contributed by atoms with van der Waals surface area (Å²) >= 11 is 5.91. The Bertz CT molecular complexity index is 1290. The minimum absolute atomic E-state index is 0.0587. The van der Waals surface area contributed by atoms with Gasteiger partial charge in [0, 0.05) is 18.9 Å². The molecule has 212 valence electrons. The topological polar surface area (TPSA) is 103 Å². The molecule has 3 aromatic rings. The molecule has 0 saturated heterocycles. The average molecular weight is 569 g/mol. The van der Waals surface area contributed by atoms with Crippen LogP contribution in [0.25, 0.3) is 0 Å². The molecule has 9 nitrogen and oxygen atoms in total. The second-order valence-electron chi connectivity index (χ2n) is 9.98.